The summed E-state index contributed by atoms with van der Waals surface area (Å²) in [4.78, 5) is 0. The van der Waals surface area contributed by atoms with E-state index in [0.29, 0.717) is 0 Å². The lowest BCUT2D eigenvalue weighted by Gasteiger charge is -2.22. The molecular formula is C5H9S. The lowest BCUT2D eigenvalue weighted by atomic mass is 10.1. The van der Waals surface area contributed by atoms with E-state index in [1.165, 1.54) is 11.5 Å². The first-order chi connectivity index (χ1) is 2.93. The first-order valence-electron chi connectivity index (χ1n) is 2.30. The van der Waals surface area contributed by atoms with Gasteiger partial charge in [0.2, 0.25) is 0 Å². The third kappa shape index (κ3) is 0.700. The van der Waals surface area contributed by atoms with E-state index in [1.54, 1.807) is 0 Å². The summed E-state index contributed by atoms with van der Waals surface area (Å²) in [6, 6.07) is 0. The molecule has 35 valence electrons. The zero-order valence-electron chi connectivity index (χ0n) is 3.81. The van der Waals surface area contributed by atoms with Gasteiger partial charge >= 0.3 is 0 Å². The van der Waals surface area contributed by atoms with Crippen LogP contribution in [0.15, 0.2) is 0 Å². The highest BCUT2D eigenvalue weighted by Gasteiger charge is 2.14. The summed E-state index contributed by atoms with van der Waals surface area (Å²) in [6.45, 7) is 3.79. The second-order valence-electron chi connectivity index (χ2n) is 1.69. The second-order valence-corrected chi connectivity index (χ2v) is 2.77. The molecule has 0 atom stereocenters. The normalized spacial score (nSPS) is 23.5. The van der Waals surface area contributed by atoms with Crippen molar-refractivity contribution < 1.29 is 0 Å². The smallest absolute Gasteiger partial charge is 0.00311 e. The molecule has 1 saturated heterocycles. The molecule has 6 heavy (non-hydrogen) atoms. The van der Waals surface area contributed by atoms with Gasteiger partial charge in [0.1, 0.15) is 0 Å². The van der Waals surface area contributed by atoms with Gasteiger partial charge in [-0.1, -0.05) is 6.92 Å². The Hall–Kier alpha value is 0.350. The molecule has 0 aromatic heterocycles. The highest BCUT2D eigenvalue weighted by Crippen LogP contribution is 2.26. The average Bonchev–Trinajstić information content (AvgIpc) is 1.31. The quantitative estimate of drug-likeness (QED) is 0.483. The monoisotopic (exact) mass is 101 g/mol. The topological polar surface area (TPSA) is 0 Å². The van der Waals surface area contributed by atoms with E-state index in [9.17, 15) is 0 Å². The van der Waals surface area contributed by atoms with Crippen LogP contribution in [0.2, 0.25) is 0 Å². The molecule has 1 aliphatic rings. The standard InChI is InChI=1S/C5H9S/c1-2-5-3-6-4-5/h5H,1-4H2. The number of hydrogen-bond acceptors (Lipinski definition) is 1. The number of rotatable bonds is 1. The van der Waals surface area contributed by atoms with Crippen LogP contribution in [0.3, 0.4) is 0 Å². The zero-order chi connectivity index (χ0) is 4.41. The van der Waals surface area contributed by atoms with Crippen molar-refractivity contribution in [3.05, 3.63) is 6.92 Å². The largest absolute Gasteiger partial charge is 0.161 e. The predicted molar refractivity (Wildman–Crippen MR) is 30.8 cm³/mol. The van der Waals surface area contributed by atoms with Gasteiger partial charge < -0.3 is 0 Å². The first kappa shape index (κ1) is 4.51. The van der Waals surface area contributed by atoms with E-state index in [-0.39, 0.29) is 0 Å². The fourth-order valence-electron chi connectivity index (χ4n) is 0.451. The molecule has 0 bridgehead atoms. The van der Waals surface area contributed by atoms with E-state index in [0.717, 1.165) is 12.3 Å². The molecule has 0 amide bonds. The highest BCUT2D eigenvalue weighted by molar-refractivity contribution is 8.00. The zero-order valence-corrected chi connectivity index (χ0v) is 4.63. The molecule has 0 unspecified atom stereocenters. The fourth-order valence-corrected chi connectivity index (χ4v) is 1.35. The Balaban J connectivity index is 2.01. The Kier molecular flexibility index (Phi) is 1.41. The second kappa shape index (κ2) is 1.87. The summed E-state index contributed by atoms with van der Waals surface area (Å²) in [7, 11) is 0. The molecule has 0 N–H and O–H groups in total. The van der Waals surface area contributed by atoms with Crippen molar-refractivity contribution in [3.8, 4) is 0 Å². The maximum Gasteiger partial charge on any atom is -0.00311 e. The van der Waals surface area contributed by atoms with E-state index in [1.807, 2.05) is 11.8 Å². The van der Waals surface area contributed by atoms with Gasteiger partial charge in [0.15, 0.2) is 0 Å². The molecule has 0 spiro atoms. The summed E-state index contributed by atoms with van der Waals surface area (Å²) < 4.78 is 0. The minimum Gasteiger partial charge on any atom is -0.161 e. The third-order valence-electron chi connectivity index (χ3n) is 1.12. The Bertz CT molecular complexity index is 36.4. The molecule has 0 aromatic rings. The van der Waals surface area contributed by atoms with Crippen LogP contribution in [-0.4, -0.2) is 11.5 Å². The lowest BCUT2D eigenvalue weighted by molar-refractivity contribution is 0.651. The minimum absolute atomic E-state index is 0.968. The Morgan fingerprint density at radius 3 is 2.33 bits per heavy atom. The maximum atomic E-state index is 3.79. The van der Waals surface area contributed by atoms with Crippen molar-refractivity contribution in [2.24, 2.45) is 5.92 Å². The van der Waals surface area contributed by atoms with E-state index in [2.05, 4.69) is 6.92 Å². The van der Waals surface area contributed by atoms with Gasteiger partial charge in [-0.3, -0.25) is 0 Å². The van der Waals surface area contributed by atoms with Crippen LogP contribution in [0.25, 0.3) is 0 Å². The van der Waals surface area contributed by atoms with Gasteiger partial charge in [-0.05, 0) is 23.8 Å². The molecule has 1 rings (SSSR count). The summed E-state index contributed by atoms with van der Waals surface area (Å²) in [5.74, 6) is 3.70. The van der Waals surface area contributed by atoms with Crippen LogP contribution in [-0.2, 0) is 0 Å². The van der Waals surface area contributed by atoms with Crippen LogP contribution >= 0.6 is 11.8 Å². The number of hydrogen-bond donors (Lipinski definition) is 0. The molecule has 0 nitrogen and oxygen atoms in total. The number of thioether (sulfide) groups is 1. The van der Waals surface area contributed by atoms with Crippen molar-refractivity contribution >= 4 is 11.8 Å². The van der Waals surface area contributed by atoms with Gasteiger partial charge in [0.25, 0.3) is 0 Å². The molecule has 1 fully saturated rings. The lowest BCUT2D eigenvalue weighted by Crippen LogP contribution is -2.15. The summed E-state index contributed by atoms with van der Waals surface area (Å²) >= 11 is 2.03. The molecule has 0 saturated carbocycles. The van der Waals surface area contributed by atoms with E-state index < -0.39 is 0 Å². The van der Waals surface area contributed by atoms with Crippen molar-refractivity contribution in [1.29, 1.82) is 0 Å². The van der Waals surface area contributed by atoms with Gasteiger partial charge in [-0.15, -0.1) is 0 Å². The Labute approximate surface area is 43.3 Å². The van der Waals surface area contributed by atoms with Crippen LogP contribution in [0.5, 0.6) is 0 Å². The van der Waals surface area contributed by atoms with Gasteiger partial charge in [-0.2, -0.15) is 11.8 Å². The van der Waals surface area contributed by atoms with Crippen molar-refractivity contribution in [2.75, 3.05) is 11.5 Å². The maximum absolute atomic E-state index is 3.79. The van der Waals surface area contributed by atoms with Crippen molar-refractivity contribution in [2.45, 2.75) is 6.42 Å². The Morgan fingerprint density at radius 1 is 1.67 bits per heavy atom. The summed E-state index contributed by atoms with van der Waals surface area (Å²) in [6.07, 6.45) is 1.15. The minimum atomic E-state index is 0.968. The van der Waals surface area contributed by atoms with Crippen LogP contribution < -0.4 is 0 Å². The molecule has 1 radical (unpaired) electrons. The third-order valence-corrected chi connectivity index (χ3v) is 2.53. The van der Waals surface area contributed by atoms with E-state index >= 15 is 0 Å². The fraction of sp³-hybridized carbons (Fsp3) is 0.800. The molecule has 0 aliphatic carbocycles. The van der Waals surface area contributed by atoms with Crippen LogP contribution in [0, 0.1) is 12.8 Å². The summed E-state index contributed by atoms with van der Waals surface area (Å²) in [5, 5.41) is 0. The Morgan fingerprint density at radius 2 is 2.33 bits per heavy atom. The summed E-state index contributed by atoms with van der Waals surface area (Å²) in [5.41, 5.74) is 0. The molecule has 0 aromatic carbocycles. The van der Waals surface area contributed by atoms with Gasteiger partial charge in [0, 0.05) is 0 Å². The predicted octanol–water partition coefficient (Wildman–Crippen LogP) is 1.57. The molecule has 1 heteroatoms. The van der Waals surface area contributed by atoms with Crippen LogP contribution in [0.4, 0.5) is 0 Å². The highest BCUT2D eigenvalue weighted by atomic mass is 32.2. The average molecular weight is 101 g/mol. The van der Waals surface area contributed by atoms with Gasteiger partial charge in [-0.25, -0.2) is 0 Å². The molecular weight excluding hydrogens is 92.1 g/mol. The van der Waals surface area contributed by atoms with E-state index in [4.69, 9.17) is 0 Å². The molecule has 1 heterocycles. The van der Waals surface area contributed by atoms with Crippen LogP contribution in [0.1, 0.15) is 6.42 Å². The van der Waals surface area contributed by atoms with Crippen molar-refractivity contribution in [3.63, 3.8) is 0 Å². The van der Waals surface area contributed by atoms with Gasteiger partial charge in [0.05, 0.1) is 0 Å². The SMILES string of the molecule is [CH2]CC1CSC1. The first-order valence-corrected chi connectivity index (χ1v) is 3.46. The molecule has 1 aliphatic heterocycles. The van der Waals surface area contributed by atoms with Crippen molar-refractivity contribution in [1.82, 2.24) is 0 Å².